The first kappa shape index (κ1) is 15.1. The van der Waals surface area contributed by atoms with Gasteiger partial charge in [0.2, 0.25) is 0 Å². The van der Waals surface area contributed by atoms with E-state index in [-0.39, 0.29) is 11.1 Å². The summed E-state index contributed by atoms with van der Waals surface area (Å²) in [5.74, 6) is 0.334. The molecule has 0 fully saturated rings. The molecule has 0 unspecified atom stereocenters. The Labute approximate surface area is 125 Å². The van der Waals surface area contributed by atoms with Crippen molar-refractivity contribution in [1.29, 1.82) is 5.26 Å². The topological polar surface area (TPSA) is 45.8 Å². The molecule has 0 atom stereocenters. The Kier molecular flexibility index (Phi) is 4.28. The van der Waals surface area contributed by atoms with Crippen LogP contribution >= 0.6 is 0 Å². The Hall–Kier alpha value is -2.34. The molecule has 0 saturated heterocycles. The summed E-state index contributed by atoms with van der Waals surface area (Å²) in [4.78, 5) is 12.4. The van der Waals surface area contributed by atoms with E-state index in [1.165, 1.54) is 5.56 Å². The van der Waals surface area contributed by atoms with Gasteiger partial charge in [-0.2, -0.15) is 5.26 Å². The molecular formula is C18H20N2O. The number of hydrogen-bond acceptors (Lipinski definition) is 2. The SMILES string of the molecule is Cc1ccc(-c2ccc(C#N)c(=O)n2CC(C)C)c(C)c1. The molecule has 2 aromatic rings. The van der Waals surface area contributed by atoms with Crippen LogP contribution in [-0.4, -0.2) is 4.57 Å². The van der Waals surface area contributed by atoms with Crippen molar-refractivity contribution >= 4 is 0 Å². The van der Waals surface area contributed by atoms with Crippen molar-refractivity contribution in [2.45, 2.75) is 34.2 Å². The zero-order valence-electron chi connectivity index (χ0n) is 13.0. The predicted molar refractivity (Wildman–Crippen MR) is 85.2 cm³/mol. The lowest BCUT2D eigenvalue weighted by Gasteiger charge is -2.17. The van der Waals surface area contributed by atoms with E-state index in [2.05, 4.69) is 26.8 Å². The van der Waals surface area contributed by atoms with Crippen molar-refractivity contribution in [2.75, 3.05) is 0 Å². The fourth-order valence-electron chi connectivity index (χ4n) is 2.55. The second-order valence-corrected chi connectivity index (χ2v) is 5.87. The van der Waals surface area contributed by atoms with Crippen LogP contribution in [0.5, 0.6) is 0 Å². The summed E-state index contributed by atoms with van der Waals surface area (Å²) in [6, 6.07) is 11.7. The minimum atomic E-state index is -0.205. The minimum Gasteiger partial charge on any atom is -0.307 e. The van der Waals surface area contributed by atoms with Crippen molar-refractivity contribution in [3.8, 4) is 17.3 Å². The molecule has 1 aromatic carbocycles. The number of aromatic nitrogens is 1. The highest BCUT2D eigenvalue weighted by molar-refractivity contribution is 5.65. The molecule has 108 valence electrons. The first-order chi connectivity index (χ1) is 9.93. The van der Waals surface area contributed by atoms with E-state index in [1.807, 2.05) is 31.2 Å². The van der Waals surface area contributed by atoms with Crippen molar-refractivity contribution < 1.29 is 0 Å². The predicted octanol–water partition coefficient (Wildman–Crippen LogP) is 3.66. The van der Waals surface area contributed by atoms with Gasteiger partial charge in [0.15, 0.2) is 0 Å². The maximum Gasteiger partial charge on any atom is 0.268 e. The van der Waals surface area contributed by atoms with E-state index < -0.39 is 0 Å². The van der Waals surface area contributed by atoms with Gasteiger partial charge in [-0.1, -0.05) is 37.6 Å². The molecule has 3 nitrogen and oxygen atoms in total. The largest absolute Gasteiger partial charge is 0.307 e. The molecule has 0 aliphatic heterocycles. The van der Waals surface area contributed by atoms with Crippen molar-refractivity contribution in [2.24, 2.45) is 5.92 Å². The Morgan fingerprint density at radius 1 is 1.19 bits per heavy atom. The van der Waals surface area contributed by atoms with Crippen molar-refractivity contribution in [1.82, 2.24) is 4.57 Å². The van der Waals surface area contributed by atoms with Gasteiger partial charge in [0, 0.05) is 12.1 Å². The normalized spacial score (nSPS) is 10.7. The summed E-state index contributed by atoms with van der Waals surface area (Å²) in [6.07, 6.45) is 0. The van der Waals surface area contributed by atoms with E-state index in [0.717, 1.165) is 16.8 Å². The van der Waals surface area contributed by atoms with E-state index in [1.54, 1.807) is 10.6 Å². The molecule has 0 amide bonds. The molecule has 21 heavy (non-hydrogen) atoms. The summed E-state index contributed by atoms with van der Waals surface area (Å²) < 4.78 is 1.72. The number of hydrogen-bond donors (Lipinski definition) is 0. The maximum atomic E-state index is 12.4. The quantitative estimate of drug-likeness (QED) is 0.861. The van der Waals surface area contributed by atoms with E-state index in [0.29, 0.717) is 12.5 Å². The van der Waals surface area contributed by atoms with Crippen LogP contribution in [0.3, 0.4) is 0 Å². The van der Waals surface area contributed by atoms with Crippen LogP contribution in [0, 0.1) is 31.1 Å². The Balaban J connectivity index is 2.71. The molecular weight excluding hydrogens is 260 g/mol. The number of aryl methyl sites for hydroxylation is 2. The van der Waals surface area contributed by atoms with Crippen molar-refractivity contribution in [3.63, 3.8) is 0 Å². The molecule has 0 radical (unpaired) electrons. The van der Waals surface area contributed by atoms with Crippen LogP contribution in [0.4, 0.5) is 0 Å². The number of nitrogens with zero attached hydrogens (tertiary/aromatic N) is 2. The van der Waals surface area contributed by atoms with Gasteiger partial charge in [-0.15, -0.1) is 0 Å². The third-order valence-electron chi connectivity index (χ3n) is 3.50. The van der Waals surface area contributed by atoms with Crippen LogP contribution in [0.25, 0.3) is 11.3 Å². The van der Waals surface area contributed by atoms with Gasteiger partial charge in [-0.25, -0.2) is 0 Å². The molecule has 0 N–H and O–H groups in total. The highest BCUT2D eigenvalue weighted by atomic mass is 16.1. The molecule has 0 bridgehead atoms. The molecule has 3 heteroatoms. The van der Waals surface area contributed by atoms with Crippen LogP contribution in [0.15, 0.2) is 35.1 Å². The van der Waals surface area contributed by atoms with Gasteiger partial charge >= 0.3 is 0 Å². The third kappa shape index (κ3) is 3.05. The molecule has 0 aliphatic carbocycles. The highest BCUT2D eigenvalue weighted by Gasteiger charge is 2.13. The lowest BCUT2D eigenvalue weighted by atomic mass is 10.0. The summed E-state index contributed by atoms with van der Waals surface area (Å²) in [7, 11) is 0. The number of benzene rings is 1. The van der Waals surface area contributed by atoms with Gasteiger partial charge < -0.3 is 4.57 Å². The monoisotopic (exact) mass is 280 g/mol. The second-order valence-electron chi connectivity index (χ2n) is 5.87. The fourth-order valence-corrected chi connectivity index (χ4v) is 2.55. The highest BCUT2D eigenvalue weighted by Crippen LogP contribution is 2.24. The smallest absolute Gasteiger partial charge is 0.268 e. The molecule has 0 spiro atoms. The van der Waals surface area contributed by atoms with Crippen LogP contribution in [-0.2, 0) is 6.54 Å². The molecule has 2 rings (SSSR count). The van der Waals surface area contributed by atoms with Crippen LogP contribution in [0.1, 0.15) is 30.5 Å². The molecule has 0 aliphatic rings. The average Bonchev–Trinajstić information content (AvgIpc) is 2.41. The summed E-state index contributed by atoms with van der Waals surface area (Å²) in [5, 5.41) is 9.07. The van der Waals surface area contributed by atoms with Crippen molar-refractivity contribution in [3.05, 3.63) is 57.4 Å². The lowest BCUT2D eigenvalue weighted by molar-refractivity contribution is 0.514. The van der Waals surface area contributed by atoms with Gasteiger partial charge in [0.1, 0.15) is 11.6 Å². The first-order valence-electron chi connectivity index (χ1n) is 7.15. The van der Waals surface area contributed by atoms with Gasteiger partial charge in [-0.05, 0) is 37.5 Å². The zero-order valence-corrected chi connectivity index (χ0v) is 13.0. The summed E-state index contributed by atoms with van der Waals surface area (Å²) in [6.45, 7) is 8.84. The molecule has 0 saturated carbocycles. The molecule has 1 aromatic heterocycles. The van der Waals surface area contributed by atoms with Crippen LogP contribution < -0.4 is 5.56 Å². The first-order valence-corrected chi connectivity index (χ1v) is 7.15. The third-order valence-corrected chi connectivity index (χ3v) is 3.50. The summed E-state index contributed by atoms with van der Waals surface area (Å²) >= 11 is 0. The minimum absolute atomic E-state index is 0.198. The average molecular weight is 280 g/mol. The second kappa shape index (κ2) is 5.97. The van der Waals surface area contributed by atoms with E-state index >= 15 is 0 Å². The fraction of sp³-hybridized carbons (Fsp3) is 0.333. The van der Waals surface area contributed by atoms with Gasteiger partial charge in [-0.3, -0.25) is 4.79 Å². The lowest BCUT2D eigenvalue weighted by Crippen LogP contribution is -2.26. The molecule has 1 heterocycles. The van der Waals surface area contributed by atoms with E-state index in [4.69, 9.17) is 5.26 Å². The zero-order chi connectivity index (χ0) is 15.6. The Bertz CT molecular complexity index is 764. The number of pyridine rings is 1. The summed E-state index contributed by atoms with van der Waals surface area (Å²) in [5.41, 5.74) is 4.25. The van der Waals surface area contributed by atoms with Gasteiger partial charge in [0.25, 0.3) is 5.56 Å². The Morgan fingerprint density at radius 3 is 2.48 bits per heavy atom. The maximum absolute atomic E-state index is 12.4. The number of nitriles is 1. The van der Waals surface area contributed by atoms with E-state index in [9.17, 15) is 4.79 Å². The Morgan fingerprint density at radius 2 is 1.90 bits per heavy atom. The van der Waals surface area contributed by atoms with Gasteiger partial charge in [0.05, 0.1) is 5.69 Å². The standard InChI is InChI=1S/C18H20N2O/c1-12(2)11-20-17(8-6-15(10-19)18(20)21)16-7-5-13(3)9-14(16)4/h5-9,12H,11H2,1-4H3. The van der Waals surface area contributed by atoms with Crippen LogP contribution in [0.2, 0.25) is 0 Å². The number of rotatable bonds is 3.